The molecule has 0 saturated carbocycles. The van der Waals surface area contributed by atoms with E-state index in [1.54, 1.807) is 49.3 Å². The molecule has 3 saturated heterocycles. The van der Waals surface area contributed by atoms with Crippen LogP contribution in [0.4, 0.5) is 17.6 Å². The molecule has 4 aliphatic rings. The number of carboxylic acid groups (broad SMARTS) is 1. The molecule has 4 heterocycles. The Morgan fingerprint density at radius 1 is 0.431 bits per heavy atom. The van der Waals surface area contributed by atoms with Gasteiger partial charge in [-0.1, -0.05) is 113 Å². The van der Waals surface area contributed by atoms with Crippen LogP contribution in [0.3, 0.4) is 0 Å². The number of ether oxygens (including phenoxy) is 10. The number of cyclic esters (lactones) is 2. The summed E-state index contributed by atoms with van der Waals surface area (Å²) in [5, 5.41) is 13.4. The van der Waals surface area contributed by atoms with Crippen molar-refractivity contribution in [1.29, 1.82) is 0 Å². The number of thioether (sulfide) groups is 3. The number of carbonyl (C=O) groups is 9. The summed E-state index contributed by atoms with van der Waals surface area (Å²) < 4.78 is 101. The predicted octanol–water partition coefficient (Wildman–Crippen LogP) is 19.6. The van der Waals surface area contributed by atoms with Crippen molar-refractivity contribution in [3.05, 3.63) is 338 Å². The van der Waals surface area contributed by atoms with Crippen LogP contribution in [0.5, 0.6) is 40.2 Å². The fourth-order valence-corrected chi connectivity index (χ4v) is 19.5. The molecule has 0 aromatic heterocycles. The first kappa shape index (κ1) is 107. The van der Waals surface area contributed by atoms with E-state index in [-0.39, 0.29) is 73.1 Å². The summed E-state index contributed by atoms with van der Waals surface area (Å²) in [5.74, 6) is -3.66. The number of nitrogens with zero attached hydrogens (tertiary/aromatic N) is 2. The van der Waals surface area contributed by atoms with Crippen LogP contribution in [0.15, 0.2) is 256 Å². The first-order chi connectivity index (χ1) is 65.4. The minimum Gasteiger partial charge on any atom is -0.497 e. The maximum Gasteiger partial charge on any atom is 0.338 e. The van der Waals surface area contributed by atoms with Gasteiger partial charge in [0.15, 0.2) is 60.5 Å². The normalized spacial score (nSPS) is 17.5. The minimum atomic E-state index is -1.53. The summed E-state index contributed by atoms with van der Waals surface area (Å²) in [6.45, 7) is 14.8. The number of hydrogen-bond acceptors (Lipinski definition) is 24. The van der Waals surface area contributed by atoms with Crippen LogP contribution < -0.4 is 44.2 Å². The Balaban J connectivity index is 0.000000194. The van der Waals surface area contributed by atoms with Crippen LogP contribution in [0.2, 0.25) is 0 Å². The number of rotatable bonds is 25. The molecule has 0 aliphatic carbocycles. The maximum absolute atomic E-state index is 14.4. The highest BCUT2D eigenvalue weighted by Gasteiger charge is 2.61. The molecule has 3 fully saturated rings. The molecule has 4 N–H and O–H groups in total. The molecule has 15 rings (SSSR count). The number of thiol groups is 1. The monoisotopic (exact) mass is 1950 g/mol. The number of esters is 4. The number of halogens is 4. The first-order valence-electron chi connectivity index (χ1n) is 42.6. The van der Waals surface area contributed by atoms with Gasteiger partial charge in [-0.2, -0.15) is 0 Å². The van der Waals surface area contributed by atoms with E-state index in [9.17, 15) is 65.8 Å². The van der Waals surface area contributed by atoms with Crippen molar-refractivity contribution in [3.63, 3.8) is 0 Å². The molecular formula is C105H108F4N4O20S4. The van der Waals surface area contributed by atoms with Gasteiger partial charge < -0.3 is 73.3 Å². The lowest BCUT2D eigenvalue weighted by Crippen LogP contribution is -2.42. The zero-order valence-electron chi connectivity index (χ0n) is 78.4. The fourth-order valence-electron chi connectivity index (χ4n) is 15.2. The zero-order chi connectivity index (χ0) is 100. The van der Waals surface area contributed by atoms with E-state index < -0.39 is 85.5 Å². The molecule has 720 valence electrons. The number of hydrogen-bond donors (Lipinski definition) is 4. The standard InChI is InChI=1S/C29H30FNO5S.C28H28FNO5S.C20H20FNO4S.C9H13NO.C8H7FO2.C7H8S.C4H2O3/c1-18-6-11-23(12-7-18)37-29(28(33)36-5)16-26(32)31(17-21-8-10-22(34-3)14-19(21)2)27(29)20-9-13-24(30)25(15-20)35-4;1-17-5-10-22(11-6-17)36-28(27(32)33)15-25(31)30(16-20-7-9-21(34-3)13-18(20)2)26(28)19-8-12-23(29)24(14-19)35-4;1-12-4-7-14(8-5-12)27-20(19(24)26-3)11-17(23)22-18(20)13-6-9-15(21)16(10-13)25-2;1-7-3-4-8(6-10)9(5-7)11-2;1-11-8-4-6(5-10)2-3-7(8)9;1-6-2-4-7(8)5-3-6;5-3-1-2-4(6)7-3/h6-15,27H,16-17H2,1-5H3;5-14,26H,15-16H2,1-4H3,(H,32,33);4-10,18H,11H2,1-3H3,(H,22,23);3-5H,6,10H2,1-2H3;2-5H,1H3;2-5,8H,1H3;1-2H/t27?,29-;26?,28-;18?,20-;;;;/m111..../s1. The lowest BCUT2D eigenvalue weighted by Gasteiger charge is -2.36. The number of aliphatic carboxylic acids is 1. The quantitative estimate of drug-likeness (QED) is 0.0103. The van der Waals surface area contributed by atoms with E-state index in [4.69, 9.17) is 43.6 Å². The molecular weight excluding hydrogens is 1840 g/mol. The smallest absolute Gasteiger partial charge is 0.338 e. The molecule has 4 aliphatic heterocycles. The topological polar surface area (TPSA) is 311 Å². The summed E-state index contributed by atoms with van der Waals surface area (Å²) in [5.41, 5.74) is 17.9. The Bertz CT molecular complexity index is 6120. The highest BCUT2D eigenvalue weighted by atomic mass is 32.2. The van der Waals surface area contributed by atoms with Crippen molar-refractivity contribution in [1.82, 2.24) is 15.1 Å². The number of nitrogens with two attached hydrogens (primary N) is 1. The molecule has 3 unspecified atom stereocenters. The number of benzene rings is 11. The van der Waals surface area contributed by atoms with Gasteiger partial charge in [-0.3, -0.25) is 33.6 Å². The molecule has 6 atom stereocenters. The molecule has 137 heavy (non-hydrogen) atoms. The summed E-state index contributed by atoms with van der Waals surface area (Å²) in [4.78, 5) is 116. The van der Waals surface area contributed by atoms with Crippen LogP contribution in [0, 0.1) is 71.7 Å². The van der Waals surface area contributed by atoms with Gasteiger partial charge in [-0.15, -0.1) is 47.9 Å². The van der Waals surface area contributed by atoms with Crippen molar-refractivity contribution >= 4 is 102 Å². The lowest BCUT2D eigenvalue weighted by atomic mass is 9.92. The molecule has 24 nitrogen and oxygen atoms in total. The van der Waals surface area contributed by atoms with Crippen LogP contribution in [-0.4, -0.2) is 147 Å². The summed E-state index contributed by atoms with van der Waals surface area (Å²) in [7, 11) is 12.9. The first-order valence-corrected chi connectivity index (χ1v) is 45.5. The van der Waals surface area contributed by atoms with Crippen molar-refractivity contribution < 1.29 is 113 Å². The van der Waals surface area contributed by atoms with E-state index >= 15 is 0 Å². The van der Waals surface area contributed by atoms with Crippen LogP contribution >= 0.6 is 47.9 Å². The predicted molar refractivity (Wildman–Crippen MR) is 519 cm³/mol. The van der Waals surface area contributed by atoms with Crippen molar-refractivity contribution in [2.24, 2.45) is 5.73 Å². The highest BCUT2D eigenvalue weighted by molar-refractivity contribution is 8.02. The van der Waals surface area contributed by atoms with Crippen LogP contribution in [-0.2, 0) is 72.2 Å². The number of nitrogens with one attached hydrogen (secondary N) is 1. The summed E-state index contributed by atoms with van der Waals surface area (Å²) in [6.07, 6.45) is 2.49. The van der Waals surface area contributed by atoms with Gasteiger partial charge in [0.05, 0.1) is 101 Å². The minimum absolute atomic E-state index is 0.00736. The summed E-state index contributed by atoms with van der Waals surface area (Å²) in [6, 6.07) is 62.9. The van der Waals surface area contributed by atoms with Gasteiger partial charge in [0, 0.05) is 62.5 Å². The van der Waals surface area contributed by atoms with Gasteiger partial charge in [-0.05, 0) is 226 Å². The molecule has 0 spiro atoms. The number of aryl methyl sites for hydroxylation is 7. The third kappa shape index (κ3) is 27.4. The number of carboxylic acids is 1. The third-order valence-electron chi connectivity index (χ3n) is 22.4. The van der Waals surface area contributed by atoms with Gasteiger partial charge in [0.1, 0.15) is 23.5 Å². The van der Waals surface area contributed by atoms with E-state index in [1.807, 2.05) is 193 Å². The van der Waals surface area contributed by atoms with Crippen LogP contribution in [0.25, 0.3) is 0 Å². The van der Waals surface area contributed by atoms with E-state index in [1.165, 1.54) is 132 Å². The zero-order valence-corrected chi connectivity index (χ0v) is 81.8. The third-order valence-corrected chi connectivity index (χ3v) is 26.9. The Kier molecular flexibility index (Phi) is 39.0. The van der Waals surface area contributed by atoms with E-state index in [0.717, 1.165) is 93.8 Å². The average molecular weight is 1950 g/mol. The van der Waals surface area contributed by atoms with Gasteiger partial charge in [0.2, 0.25) is 17.7 Å². The number of aldehydes is 1. The Labute approximate surface area is 812 Å². The fraction of sp³-hybridized carbons (Fsp3) is 0.267. The molecule has 11 aromatic carbocycles. The highest BCUT2D eigenvalue weighted by Crippen LogP contribution is 2.57. The molecule has 0 radical (unpaired) electrons. The summed E-state index contributed by atoms with van der Waals surface area (Å²) >= 11 is 7.85. The Hall–Kier alpha value is -13.5. The average Bonchev–Trinajstić information content (AvgIpc) is 1.58. The van der Waals surface area contributed by atoms with Gasteiger partial charge >= 0.3 is 29.8 Å². The van der Waals surface area contributed by atoms with E-state index in [2.05, 4.69) is 34.3 Å². The second-order valence-electron chi connectivity index (χ2n) is 31.8. The largest absolute Gasteiger partial charge is 0.497 e. The van der Waals surface area contributed by atoms with Crippen molar-refractivity contribution in [2.45, 2.75) is 139 Å². The molecule has 11 aromatic rings. The second-order valence-corrected chi connectivity index (χ2v) is 36.5. The molecule has 0 bridgehead atoms. The van der Waals surface area contributed by atoms with Crippen molar-refractivity contribution in [2.75, 3.05) is 64.0 Å². The molecule has 32 heteroatoms. The number of carbonyl (C=O) groups excluding carboxylic acids is 8. The van der Waals surface area contributed by atoms with Crippen LogP contribution in [0.1, 0.15) is 120 Å². The second kappa shape index (κ2) is 49.8. The molecule has 3 amide bonds. The van der Waals surface area contributed by atoms with E-state index in [0.29, 0.717) is 46.6 Å². The number of likely N-dealkylation sites (tertiary alicyclic amines) is 2. The number of methoxy groups -OCH3 is 9. The van der Waals surface area contributed by atoms with Gasteiger partial charge in [-0.25, -0.2) is 27.2 Å². The maximum atomic E-state index is 14.4. The van der Waals surface area contributed by atoms with Crippen molar-refractivity contribution in [3.8, 4) is 40.2 Å². The Morgan fingerprint density at radius 2 is 0.788 bits per heavy atom. The Morgan fingerprint density at radius 3 is 1.16 bits per heavy atom. The SMILES string of the molecule is COC(=O)[C@@]1(Sc2ccc(C)cc2)CC(=O)N(Cc2ccc(OC)cc2C)C1c1ccc(F)c(OC)c1.COC(=O)[C@@]1(Sc2ccc(C)cc2)CC(=O)NC1c1ccc(F)c(OC)c1.COc1cc(C)ccc1CN.COc1cc(C=O)ccc1F.COc1ccc(CN2C(=O)C[C@](Sc3ccc(C)cc3)(C(=O)O)C2c2ccc(F)c(OC)c2)c(C)c1.Cc1ccc(S)cc1.O=C1C=CC(=O)O1. The number of amides is 3. The van der Waals surface area contributed by atoms with Gasteiger partial charge in [0.25, 0.3) is 0 Å². The lowest BCUT2D eigenvalue weighted by molar-refractivity contribution is -0.150.